The van der Waals surface area contributed by atoms with Crippen LogP contribution in [0.1, 0.15) is 60.0 Å². The maximum Gasteiger partial charge on any atom is 0.300 e. The summed E-state index contributed by atoms with van der Waals surface area (Å²) in [6.07, 6.45) is 6.04. The van der Waals surface area contributed by atoms with Gasteiger partial charge in [0.25, 0.3) is 11.9 Å². The lowest BCUT2D eigenvalue weighted by molar-refractivity contribution is 0.0745. The van der Waals surface area contributed by atoms with E-state index in [0.29, 0.717) is 60.5 Å². The molecule has 3 aromatic heterocycles. The molecule has 33 heavy (non-hydrogen) atoms. The topological polar surface area (TPSA) is 88.5 Å². The number of pyridine rings is 1. The van der Waals surface area contributed by atoms with Crippen LogP contribution in [0.5, 0.6) is 0 Å². The zero-order valence-corrected chi connectivity index (χ0v) is 18.8. The van der Waals surface area contributed by atoms with Gasteiger partial charge in [0.2, 0.25) is 5.65 Å². The first-order chi connectivity index (χ1) is 16.1. The van der Waals surface area contributed by atoms with Crippen LogP contribution in [0.15, 0.2) is 39.2 Å². The molecule has 1 aliphatic heterocycles. The predicted octanol–water partition coefficient (Wildman–Crippen LogP) is 4.68. The van der Waals surface area contributed by atoms with E-state index in [2.05, 4.69) is 14.9 Å². The van der Waals surface area contributed by atoms with Gasteiger partial charge in [-0.3, -0.25) is 4.79 Å². The zero-order valence-electron chi connectivity index (χ0n) is 18.8. The molecule has 0 spiro atoms. The summed E-state index contributed by atoms with van der Waals surface area (Å²) in [5.74, 6) is 1.25. The normalized spacial score (nSPS) is 17.8. The number of hydrogen-bond acceptors (Lipinski definition) is 7. The van der Waals surface area contributed by atoms with Gasteiger partial charge in [-0.05, 0) is 50.1 Å². The third kappa shape index (κ3) is 3.83. The quantitative estimate of drug-likeness (QED) is 0.452. The number of benzene rings is 1. The molecule has 4 heterocycles. The van der Waals surface area contributed by atoms with Gasteiger partial charge in [0.05, 0.1) is 0 Å². The van der Waals surface area contributed by atoms with Crippen molar-refractivity contribution in [3.8, 4) is 0 Å². The Bertz CT molecular complexity index is 1310. The fourth-order valence-corrected chi connectivity index (χ4v) is 4.92. The second-order valence-corrected chi connectivity index (χ2v) is 9.12. The summed E-state index contributed by atoms with van der Waals surface area (Å²) in [4.78, 5) is 30.8. The van der Waals surface area contributed by atoms with Crippen LogP contribution in [-0.4, -0.2) is 51.9 Å². The molecule has 0 unspecified atom stereocenters. The molecule has 1 saturated carbocycles. The summed E-state index contributed by atoms with van der Waals surface area (Å²) < 4.78 is 12.0. The molecule has 2 fully saturated rings. The minimum Gasteiger partial charge on any atom is -0.440 e. The van der Waals surface area contributed by atoms with Crippen molar-refractivity contribution in [3.63, 3.8) is 0 Å². The van der Waals surface area contributed by atoms with E-state index in [9.17, 15) is 4.79 Å². The molecule has 1 aliphatic carbocycles. The highest BCUT2D eigenvalue weighted by atomic mass is 16.4. The molecule has 0 bridgehead atoms. The number of piperazine rings is 1. The molecule has 1 aromatic carbocycles. The smallest absolute Gasteiger partial charge is 0.300 e. The third-order valence-corrected chi connectivity index (χ3v) is 6.83. The van der Waals surface area contributed by atoms with Crippen LogP contribution in [0, 0.1) is 6.92 Å². The Morgan fingerprint density at radius 1 is 0.909 bits per heavy atom. The lowest BCUT2D eigenvalue weighted by Gasteiger charge is -2.33. The van der Waals surface area contributed by atoms with Crippen LogP contribution in [0.4, 0.5) is 6.01 Å². The van der Waals surface area contributed by atoms with E-state index < -0.39 is 0 Å². The monoisotopic (exact) mass is 445 g/mol. The van der Waals surface area contributed by atoms with Crippen LogP contribution in [0.25, 0.3) is 22.3 Å². The number of rotatable bonds is 3. The van der Waals surface area contributed by atoms with Gasteiger partial charge in [0.15, 0.2) is 17.1 Å². The van der Waals surface area contributed by atoms with Crippen molar-refractivity contribution in [1.82, 2.24) is 19.9 Å². The van der Waals surface area contributed by atoms with Crippen molar-refractivity contribution in [1.29, 1.82) is 0 Å². The number of carbonyl (C=O) groups is 1. The number of oxazole rings is 2. The standard InChI is InChI=1S/C25H27N5O3/c1-16-7-10-20-22(26-16)28-25(33-20)30-13-11-29(12-14-30)24(31)18-8-9-19-21(15-18)32-23(27-19)17-5-3-2-4-6-17/h7-10,15,17H,2-6,11-14H2,1H3. The maximum atomic E-state index is 13.2. The van der Waals surface area contributed by atoms with E-state index in [-0.39, 0.29) is 5.91 Å². The van der Waals surface area contributed by atoms with Gasteiger partial charge in [-0.15, -0.1) is 0 Å². The van der Waals surface area contributed by atoms with Crippen LogP contribution in [0.3, 0.4) is 0 Å². The van der Waals surface area contributed by atoms with Crippen LogP contribution < -0.4 is 4.90 Å². The summed E-state index contributed by atoms with van der Waals surface area (Å²) in [5, 5.41) is 0. The largest absolute Gasteiger partial charge is 0.440 e. The van der Waals surface area contributed by atoms with E-state index in [1.54, 1.807) is 0 Å². The Kier molecular flexibility index (Phi) is 5.00. The summed E-state index contributed by atoms with van der Waals surface area (Å²) in [6.45, 7) is 4.46. The minimum absolute atomic E-state index is 0.0158. The Balaban J connectivity index is 1.14. The van der Waals surface area contributed by atoms with E-state index in [0.717, 1.165) is 29.9 Å². The zero-order chi connectivity index (χ0) is 22.4. The van der Waals surface area contributed by atoms with Crippen molar-refractivity contribution in [2.45, 2.75) is 44.9 Å². The Labute approximate surface area is 191 Å². The molecule has 8 heteroatoms. The average molecular weight is 446 g/mol. The molecule has 2 aliphatic rings. The van der Waals surface area contributed by atoms with E-state index in [1.165, 1.54) is 19.3 Å². The van der Waals surface area contributed by atoms with E-state index >= 15 is 0 Å². The molecule has 1 amide bonds. The second-order valence-electron chi connectivity index (χ2n) is 9.12. The summed E-state index contributed by atoms with van der Waals surface area (Å²) in [5.41, 5.74) is 4.39. The molecule has 170 valence electrons. The van der Waals surface area contributed by atoms with Gasteiger partial charge in [0, 0.05) is 43.4 Å². The highest BCUT2D eigenvalue weighted by Gasteiger charge is 2.26. The number of hydrogen-bond donors (Lipinski definition) is 0. The maximum absolute atomic E-state index is 13.2. The highest BCUT2D eigenvalue weighted by molar-refractivity contribution is 5.97. The number of nitrogens with zero attached hydrogens (tertiary/aromatic N) is 5. The van der Waals surface area contributed by atoms with Crippen LogP contribution in [0.2, 0.25) is 0 Å². The number of amides is 1. The van der Waals surface area contributed by atoms with Crippen LogP contribution >= 0.6 is 0 Å². The van der Waals surface area contributed by atoms with Gasteiger partial charge >= 0.3 is 0 Å². The molecule has 0 radical (unpaired) electrons. The number of aromatic nitrogens is 3. The molecule has 1 saturated heterocycles. The number of fused-ring (bicyclic) bond motifs is 2. The molecular weight excluding hydrogens is 418 g/mol. The average Bonchev–Trinajstić information content (AvgIpc) is 3.47. The van der Waals surface area contributed by atoms with Gasteiger partial charge in [0.1, 0.15) is 5.52 Å². The van der Waals surface area contributed by atoms with Crippen molar-refractivity contribution < 1.29 is 13.6 Å². The first-order valence-corrected chi connectivity index (χ1v) is 11.8. The summed E-state index contributed by atoms with van der Waals surface area (Å²) in [7, 11) is 0. The first kappa shape index (κ1) is 20.2. The predicted molar refractivity (Wildman–Crippen MR) is 124 cm³/mol. The number of anilines is 1. The number of carbonyl (C=O) groups excluding carboxylic acids is 1. The molecule has 4 aromatic rings. The lowest BCUT2D eigenvalue weighted by Crippen LogP contribution is -2.48. The third-order valence-electron chi connectivity index (χ3n) is 6.83. The first-order valence-electron chi connectivity index (χ1n) is 11.8. The summed E-state index contributed by atoms with van der Waals surface area (Å²) in [6, 6.07) is 9.98. The molecule has 8 nitrogen and oxygen atoms in total. The lowest BCUT2D eigenvalue weighted by atomic mass is 9.89. The molecule has 0 N–H and O–H groups in total. The van der Waals surface area contributed by atoms with Gasteiger partial charge < -0.3 is 18.6 Å². The van der Waals surface area contributed by atoms with Crippen molar-refractivity contribution in [2.75, 3.05) is 31.1 Å². The Hall–Kier alpha value is -3.42. The Morgan fingerprint density at radius 3 is 2.55 bits per heavy atom. The van der Waals surface area contributed by atoms with Gasteiger partial charge in [-0.25, -0.2) is 9.97 Å². The fraction of sp³-hybridized carbons (Fsp3) is 0.440. The number of aryl methyl sites for hydroxylation is 1. The fourth-order valence-electron chi connectivity index (χ4n) is 4.92. The van der Waals surface area contributed by atoms with Crippen LogP contribution in [-0.2, 0) is 0 Å². The second kappa shape index (κ2) is 8.17. The van der Waals surface area contributed by atoms with Crippen molar-refractivity contribution >= 4 is 34.3 Å². The van der Waals surface area contributed by atoms with Crippen molar-refractivity contribution in [3.05, 3.63) is 47.5 Å². The van der Waals surface area contributed by atoms with E-state index in [4.69, 9.17) is 13.8 Å². The molecular formula is C25H27N5O3. The van der Waals surface area contributed by atoms with Gasteiger partial charge in [-0.1, -0.05) is 19.3 Å². The minimum atomic E-state index is 0.0158. The molecule has 6 rings (SSSR count). The highest BCUT2D eigenvalue weighted by Crippen LogP contribution is 2.34. The SMILES string of the molecule is Cc1ccc2oc(N3CCN(C(=O)c4ccc5nc(C6CCCCC6)oc5c4)CC3)nc2n1. The summed E-state index contributed by atoms with van der Waals surface area (Å²) >= 11 is 0. The van der Waals surface area contributed by atoms with E-state index in [1.807, 2.05) is 42.2 Å². The van der Waals surface area contributed by atoms with Gasteiger partial charge in [-0.2, -0.15) is 4.98 Å². The molecule has 0 atom stereocenters. The van der Waals surface area contributed by atoms with Crippen molar-refractivity contribution in [2.24, 2.45) is 0 Å². The Morgan fingerprint density at radius 2 is 1.73 bits per heavy atom.